The van der Waals surface area contributed by atoms with Gasteiger partial charge in [-0.2, -0.15) is 0 Å². The molecule has 0 atom stereocenters. The highest BCUT2D eigenvalue weighted by atomic mass is 15.1. The number of likely N-dealkylation sites (tertiary alicyclic amines) is 1. The van der Waals surface area contributed by atoms with Gasteiger partial charge >= 0.3 is 0 Å². The van der Waals surface area contributed by atoms with E-state index >= 15 is 0 Å². The number of aryl methyl sites for hydroxylation is 1. The molecule has 2 aromatic rings. The van der Waals surface area contributed by atoms with Crippen LogP contribution in [0.1, 0.15) is 29.5 Å². The van der Waals surface area contributed by atoms with Crippen LogP contribution in [0.4, 0.5) is 5.69 Å². The first-order chi connectivity index (χ1) is 10.3. The van der Waals surface area contributed by atoms with Crippen molar-refractivity contribution in [3.05, 3.63) is 65.2 Å². The van der Waals surface area contributed by atoms with E-state index in [9.17, 15) is 0 Å². The maximum absolute atomic E-state index is 3.51. The highest BCUT2D eigenvalue weighted by Crippen LogP contribution is 2.16. The predicted octanol–water partition coefficient (Wildman–Crippen LogP) is 4.20. The van der Waals surface area contributed by atoms with Gasteiger partial charge in [-0.25, -0.2) is 0 Å². The molecule has 1 aliphatic rings. The van der Waals surface area contributed by atoms with Crippen molar-refractivity contribution in [1.82, 2.24) is 4.90 Å². The Hall–Kier alpha value is -1.80. The summed E-state index contributed by atoms with van der Waals surface area (Å²) in [6.45, 7) is 6.66. The zero-order valence-electron chi connectivity index (χ0n) is 12.8. The van der Waals surface area contributed by atoms with Crippen LogP contribution in [-0.4, -0.2) is 18.0 Å². The fourth-order valence-electron chi connectivity index (χ4n) is 2.93. The van der Waals surface area contributed by atoms with E-state index in [1.807, 2.05) is 0 Å². The van der Waals surface area contributed by atoms with Crippen LogP contribution in [0.2, 0.25) is 0 Å². The van der Waals surface area contributed by atoms with Crippen LogP contribution >= 0.6 is 0 Å². The average Bonchev–Trinajstić information content (AvgIpc) is 3.01. The summed E-state index contributed by atoms with van der Waals surface area (Å²) in [6.07, 6.45) is 2.71. The van der Waals surface area contributed by atoms with E-state index in [2.05, 4.69) is 65.7 Å². The number of hydrogen-bond acceptors (Lipinski definition) is 2. The summed E-state index contributed by atoms with van der Waals surface area (Å²) in [7, 11) is 0. The smallest absolute Gasteiger partial charge is 0.0403 e. The second-order valence-electron chi connectivity index (χ2n) is 5.96. The third-order valence-corrected chi connectivity index (χ3v) is 4.30. The number of anilines is 1. The van der Waals surface area contributed by atoms with Crippen molar-refractivity contribution in [1.29, 1.82) is 0 Å². The zero-order chi connectivity index (χ0) is 14.5. The molecule has 0 unspecified atom stereocenters. The largest absolute Gasteiger partial charge is 0.381 e. The summed E-state index contributed by atoms with van der Waals surface area (Å²) in [5.41, 5.74) is 5.32. The van der Waals surface area contributed by atoms with E-state index in [1.54, 1.807) is 0 Å². The molecule has 2 aromatic carbocycles. The Morgan fingerprint density at radius 2 is 1.67 bits per heavy atom. The predicted molar refractivity (Wildman–Crippen MR) is 89.5 cm³/mol. The van der Waals surface area contributed by atoms with Gasteiger partial charge in [0.2, 0.25) is 0 Å². The highest BCUT2D eigenvalue weighted by molar-refractivity contribution is 5.45. The van der Waals surface area contributed by atoms with Gasteiger partial charge in [0.15, 0.2) is 0 Å². The summed E-state index contributed by atoms with van der Waals surface area (Å²) < 4.78 is 0. The van der Waals surface area contributed by atoms with Crippen molar-refractivity contribution >= 4 is 5.69 Å². The molecule has 0 saturated carbocycles. The maximum Gasteiger partial charge on any atom is 0.0403 e. The van der Waals surface area contributed by atoms with E-state index in [4.69, 9.17) is 0 Å². The first kappa shape index (κ1) is 14.2. The van der Waals surface area contributed by atoms with Crippen molar-refractivity contribution in [3.8, 4) is 0 Å². The molecule has 1 fully saturated rings. The SMILES string of the molecule is Cc1ccccc1CNc1ccc(CN2CCCC2)cc1. The molecule has 0 aromatic heterocycles. The van der Waals surface area contributed by atoms with Gasteiger partial charge < -0.3 is 5.32 Å². The summed E-state index contributed by atoms with van der Waals surface area (Å²) >= 11 is 0. The molecule has 1 N–H and O–H groups in total. The van der Waals surface area contributed by atoms with Crippen molar-refractivity contribution in [3.63, 3.8) is 0 Å². The summed E-state index contributed by atoms with van der Waals surface area (Å²) in [5, 5.41) is 3.51. The van der Waals surface area contributed by atoms with E-state index in [0.717, 1.165) is 13.1 Å². The van der Waals surface area contributed by atoms with Crippen molar-refractivity contribution in [2.45, 2.75) is 32.9 Å². The van der Waals surface area contributed by atoms with E-state index in [1.165, 1.54) is 48.3 Å². The minimum absolute atomic E-state index is 0.887. The van der Waals surface area contributed by atoms with Crippen LogP contribution in [0.5, 0.6) is 0 Å². The van der Waals surface area contributed by atoms with Gasteiger partial charge in [-0.15, -0.1) is 0 Å². The van der Waals surface area contributed by atoms with Crippen LogP contribution in [0, 0.1) is 6.92 Å². The van der Waals surface area contributed by atoms with Gasteiger partial charge in [-0.05, 0) is 61.7 Å². The lowest BCUT2D eigenvalue weighted by Crippen LogP contribution is -2.18. The fourth-order valence-corrected chi connectivity index (χ4v) is 2.93. The molecule has 0 spiro atoms. The molecule has 0 aliphatic carbocycles. The molecule has 3 rings (SSSR count). The van der Waals surface area contributed by atoms with Gasteiger partial charge in [0.1, 0.15) is 0 Å². The second kappa shape index (κ2) is 6.77. The Kier molecular flexibility index (Phi) is 4.56. The molecule has 21 heavy (non-hydrogen) atoms. The number of nitrogens with zero attached hydrogens (tertiary/aromatic N) is 1. The van der Waals surface area contributed by atoms with Gasteiger partial charge in [-0.1, -0.05) is 36.4 Å². The van der Waals surface area contributed by atoms with Crippen LogP contribution in [0.25, 0.3) is 0 Å². The molecule has 2 heteroatoms. The Balaban J connectivity index is 1.55. The van der Waals surface area contributed by atoms with Crippen molar-refractivity contribution in [2.75, 3.05) is 18.4 Å². The molecule has 0 bridgehead atoms. The third-order valence-electron chi connectivity index (χ3n) is 4.30. The number of benzene rings is 2. The molecular formula is C19H24N2. The Morgan fingerprint density at radius 1 is 0.952 bits per heavy atom. The average molecular weight is 280 g/mol. The lowest BCUT2D eigenvalue weighted by molar-refractivity contribution is 0.331. The first-order valence-corrected chi connectivity index (χ1v) is 7.91. The Labute approximate surface area is 127 Å². The molecule has 2 nitrogen and oxygen atoms in total. The third kappa shape index (κ3) is 3.85. The minimum Gasteiger partial charge on any atom is -0.381 e. The standard InChI is InChI=1S/C19H24N2/c1-16-6-2-3-7-18(16)14-20-19-10-8-17(9-11-19)15-21-12-4-5-13-21/h2-3,6-11,20H,4-5,12-15H2,1H3. The van der Waals surface area contributed by atoms with E-state index in [-0.39, 0.29) is 0 Å². The second-order valence-corrected chi connectivity index (χ2v) is 5.96. The summed E-state index contributed by atoms with van der Waals surface area (Å²) in [5.74, 6) is 0. The van der Waals surface area contributed by atoms with Crippen LogP contribution < -0.4 is 5.32 Å². The Morgan fingerprint density at radius 3 is 2.38 bits per heavy atom. The van der Waals surface area contributed by atoms with Crippen LogP contribution in [-0.2, 0) is 13.1 Å². The fraction of sp³-hybridized carbons (Fsp3) is 0.368. The van der Waals surface area contributed by atoms with E-state index in [0.29, 0.717) is 0 Å². The van der Waals surface area contributed by atoms with E-state index < -0.39 is 0 Å². The van der Waals surface area contributed by atoms with Gasteiger partial charge in [0.05, 0.1) is 0 Å². The lowest BCUT2D eigenvalue weighted by atomic mass is 10.1. The Bertz CT molecular complexity index is 568. The molecular weight excluding hydrogens is 256 g/mol. The van der Waals surface area contributed by atoms with Gasteiger partial charge in [-0.3, -0.25) is 4.90 Å². The quantitative estimate of drug-likeness (QED) is 0.883. The molecule has 1 aliphatic heterocycles. The zero-order valence-corrected chi connectivity index (χ0v) is 12.8. The lowest BCUT2D eigenvalue weighted by Gasteiger charge is -2.15. The number of rotatable bonds is 5. The summed E-state index contributed by atoms with van der Waals surface area (Å²) in [6, 6.07) is 17.4. The molecule has 1 saturated heterocycles. The van der Waals surface area contributed by atoms with Gasteiger partial charge in [0.25, 0.3) is 0 Å². The maximum atomic E-state index is 3.51. The summed E-state index contributed by atoms with van der Waals surface area (Å²) in [4.78, 5) is 2.54. The minimum atomic E-state index is 0.887. The van der Waals surface area contributed by atoms with Crippen molar-refractivity contribution in [2.24, 2.45) is 0 Å². The molecule has 0 amide bonds. The monoisotopic (exact) mass is 280 g/mol. The molecule has 1 heterocycles. The van der Waals surface area contributed by atoms with Crippen LogP contribution in [0.3, 0.4) is 0 Å². The first-order valence-electron chi connectivity index (χ1n) is 7.91. The number of nitrogens with one attached hydrogen (secondary N) is 1. The topological polar surface area (TPSA) is 15.3 Å². The van der Waals surface area contributed by atoms with Gasteiger partial charge in [0, 0.05) is 18.8 Å². The normalized spacial score (nSPS) is 15.3. The van der Waals surface area contributed by atoms with Crippen molar-refractivity contribution < 1.29 is 0 Å². The number of hydrogen-bond donors (Lipinski definition) is 1. The molecule has 110 valence electrons. The van der Waals surface area contributed by atoms with Crippen LogP contribution in [0.15, 0.2) is 48.5 Å². The highest BCUT2D eigenvalue weighted by Gasteiger charge is 2.11. The molecule has 0 radical (unpaired) electrons.